The van der Waals surface area contributed by atoms with Crippen molar-refractivity contribution < 1.29 is 28.4 Å². The molecule has 1 aromatic heterocycles. The normalized spacial score (nSPS) is 11.5. The van der Waals surface area contributed by atoms with Crippen LogP contribution in [-0.4, -0.2) is 30.0 Å². The van der Waals surface area contributed by atoms with Crippen LogP contribution < -0.4 is 10.1 Å². The van der Waals surface area contributed by atoms with Gasteiger partial charge in [-0.25, -0.2) is 4.79 Å². The lowest BCUT2D eigenvalue weighted by Gasteiger charge is -2.14. The Bertz CT molecular complexity index is 813. The lowest BCUT2D eigenvalue weighted by molar-refractivity contribution is -0.384. The fourth-order valence-electron chi connectivity index (χ4n) is 1.96. The number of amides is 1. The number of carbonyl (C=O) groups excluding carboxylic acids is 2. The first-order valence-electron chi connectivity index (χ1n) is 7.22. The second-order valence-electron chi connectivity index (χ2n) is 5.09. The van der Waals surface area contributed by atoms with E-state index in [1.807, 2.05) is 0 Å². The van der Waals surface area contributed by atoms with Crippen LogP contribution in [0.25, 0.3) is 0 Å². The van der Waals surface area contributed by atoms with Gasteiger partial charge in [0.15, 0.2) is 6.10 Å². The number of nitro benzene ring substituents is 1. The number of nitrogens with zero attached hydrogens (tertiary/aromatic N) is 1. The van der Waals surface area contributed by atoms with Crippen LogP contribution >= 0.6 is 0 Å². The van der Waals surface area contributed by atoms with Gasteiger partial charge in [-0.15, -0.1) is 0 Å². The van der Waals surface area contributed by atoms with Gasteiger partial charge in [0.25, 0.3) is 11.6 Å². The van der Waals surface area contributed by atoms with Crippen LogP contribution in [0.1, 0.15) is 23.2 Å². The maximum Gasteiger partial charge on any atom is 0.375 e. The van der Waals surface area contributed by atoms with Gasteiger partial charge in [0.05, 0.1) is 17.7 Å². The molecule has 1 atom stereocenters. The Balaban J connectivity index is 2.09. The number of methoxy groups -OCH3 is 1. The molecule has 1 amide bonds. The SMILES string of the molecule is COc1ccc([N+](=O)[O-])cc1NC(=O)C(C)OC(=O)c1ccc(C)o1. The van der Waals surface area contributed by atoms with Crippen molar-refractivity contribution in [3.63, 3.8) is 0 Å². The Morgan fingerprint density at radius 1 is 1.28 bits per heavy atom. The molecule has 9 nitrogen and oxygen atoms in total. The lowest BCUT2D eigenvalue weighted by atomic mass is 10.2. The first-order valence-corrected chi connectivity index (χ1v) is 7.22. The van der Waals surface area contributed by atoms with Crippen molar-refractivity contribution in [2.24, 2.45) is 0 Å². The van der Waals surface area contributed by atoms with Crippen molar-refractivity contribution in [2.45, 2.75) is 20.0 Å². The minimum atomic E-state index is -1.15. The zero-order valence-corrected chi connectivity index (χ0v) is 13.8. The molecule has 25 heavy (non-hydrogen) atoms. The van der Waals surface area contributed by atoms with Gasteiger partial charge in [0.2, 0.25) is 5.76 Å². The summed E-state index contributed by atoms with van der Waals surface area (Å²) in [7, 11) is 1.36. The van der Waals surface area contributed by atoms with Gasteiger partial charge < -0.3 is 19.2 Å². The Kier molecular flexibility index (Phi) is 5.38. The summed E-state index contributed by atoms with van der Waals surface area (Å²) in [5.41, 5.74) is -0.120. The highest BCUT2D eigenvalue weighted by atomic mass is 16.6. The van der Waals surface area contributed by atoms with Gasteiger partial charge in [-0.05, 0) is 32.0 Å². The Morgan fingerprint density at radius 2 is 2.00 bits per heavy atom. The van der Waals surface area contributed by atoms with E-state index in [2.05, 4.69) is 5.32 Å². The van der Waals surface area contributed by atoms with E-state index in [1.54, 1.807) is 13.0 Å². The van der Waals surface area contributed by atoms with Crippen molar-refractivity contribution >= 4 is 23.3 Å². The maximum atomic E-state index is 12.2. The van der Waals surface area contributed by atoms with Crippen LogP contribution in [0, 0.1) is 17.0 Å². The minimum absolute atomic E-state index is 0.0231. The first-order chi connectivity index (χ1) is 11.8. The molecule has 0 saturated carbocycles. The predicted octanol–water partition coefficient (Wildman–Crippen LogP) is 2.69. The summed E-state index contributed by atoms with van der Waals surface area (Å²) in [4.78, 5) is 34.3. The number of aryl methyl sites for hydroxylation is 1. The molecule has 0 radical (unpaired) electrons. The van der Waals surface area contributed by atoms with Crippen LogP contribution in [0.2, 0.25) is 0 Å². The van der Waals surface area contributed by atoms with Crippen molar-refractivity contribution in [3.05, 3.63) is 52.0 Å². The Hall–Kier alpha value is -3.36. The van der Waals surface area contributed by atoms with E-state index in [0.717, 1.165) is 6.07 Å². The summed E-state index contributed by atoms with van der Waals surface area (Å²) in [6, 6.07) is 6.79. The monoisotopic (exact) mass is 348 g/mol. The fraction of sp³-hybridized carbons (Fsp3) is 0.250. The lowest BCUT2D eigenvalue weighted by Crippen LogP contribution is -2.30. The number of furan rings is 1. The number of esters is 1. The number of ether oxygens (including phenoxy) is 2. The number of hydrogen-bond acceptors (Lipinski definition) is 7. The molecule has 2 rings (SSSR count). The zero-order chi connectivity index (χ0) is 18.6. The number of carbonyl (C=O) groups is 2. The molecule has 132 valence electrons. The largest absolute Gasteiger partial charge is 0.495 e. The van der Waals surface area contributed by atoms with Gasteiger partial charge in [-0.1, -0.05) is 0 Å². The molecule has 0 aliphatic carbocycles. The van der Waals surface area contributed by atoms with Crippen LogP contribution in [0.15, 0.2) is 34.7 Å². The number of nitrogens with one attached hydrogen (secondary N) is 1. The van der Waals surface area contributed by atoms with Gasteiger partial charge in [0.1, 0.15) is 11.5 Å². The van der Waals surface area contributed by atoms with Crippen molar-refractivity contribution in [1.29, 1.82) is 0 Å². The quantitative estimate of drug-likeness (QED) is 0.484. The molecule has 9 heteroatoms. The van der Waals surface area contributed by atoms with Crippen LogP contribution in [-0.2, 0) is 9.53 Å². The summed E-state index contributed by atoms with van der Waals surface area (Å²) in [6.45, 7) is 3.04. The van der Waals surface area contributed by atoms with Crippen molar-refractivity contribution in [2.75, 3.05) is 12.4 Å². The van der Waals surface area contributed by atoms with E-state index in [1.165, 1.54) is 32.2 Å². The van der Waals surface area contributed by atoms with Gasteiger partial charge in [-0.3, -0.25) is 14.9 Å². The molecule has 1 aromatic carbocycles. The van der Waals surface area contributed by atoms with E-state index in [0.29, 0.717) is 5.76 Å². The van der Waals surface area contributed by atoms with Gasteiger partial charge in [-0.2, -0.15) is 0 Å². The topological polar surface area (TPSA) is 121 Å². The summed E-state index contributed by atoms with van der Waals surface area (Å²) >= 11 is 0. The maximum absolute atomic E-state index is 12.2. The second-order valence-corrected chi connectivity index (χ2v) is 5.09. The number of benzene rings is 1. The highest BCUT2D eigenvalue weighted by Gasteiger charge is 2.22. The highest BCUT2D eigenvalue weighted by molar-refractivity contribution is 5.97. The van der Waals surface area contributed by atoms with Crippen LogP contribution in [0.5, 0.6) is 5.75 Å². The van der Waals surface area contributed by atoms with E-state index in [4.69, 9.17) is 13.9 Å². The average molecular weight is 348 g/mol. The number of hydrogen-bond donors (Lipinski definition) is 1. The van der Waals surface area contributed by atoms with E-state index < -0.39 is 22.9 Å². The molecular formula is C16H16N2O7. The molecule has 0 fully saturated rings. The number of anilines is 1. The standard InChI is InChI=1S/C16H16N2O7/c1-9-4-6-14(24-9)16(20)25-10(2)15(19)17-12-8-11(18(21)22)5-7-13(12)23-3/h4-8,10H,1-3H3,(H,17,19). The molecule has 0 saturated heterocycles. The minimum Gasteiger partial charge on any atom is -0.495 e. The number of rotatable bonds is 6. The molecular weight excluding hydrogens is 332 g/mol. The fourth-order valence-corrected chi connectivity index (χ4v) is 1.96. The van der Waals surface area contributed by atoms with E-state index in [-0.39, 0.29) is 22.9 Å². The van der Waals surface area contributed by atoms with Crippen LogP contribution in [0.3, 0.4) is 0 Å². The average Bonchev–Trinajstić information content (AvgIpc) is 3.01. The number of nitro groups is 1. The third-order valence-corrected chi connectivity index (χ3v) is 3.25. The van der Waals surface area contributed by atoms with E-state index >= 15 is 0 Å². The molecule has 1 unspecified atom stereocenters. The second kappa shape index (κ2) is 7.47. The molecule has 0 spiro atoms. The predicted molar refractivity (Wildman–Crippen MR) is 86.6 cm³/mol. The Morgan fingerprint density at radius 3 is 2.56 bits per heavy atom. The molecule has 0 bridgehead atoms. The van der Waals surface area contributed by atoms with Crippen molar-refractivity contribution in [1.82, 2.24) is 0 Å². The smallest absolute Gasteiger partial charge is 0.375 e. The molecule has 1 heterocycles. The number of non-ortho nitro benzene ring substituents is 1. The van der Waals surface area contributed by atoms with Gasteiger partial charge >= 0.3 is 5.97 Å². The van der Waals surface area contributed by atoms with E-state index in [9.17, 15) is 19.7 Å². The highest BCUT2D eigenvalue weighted by Crippen LogP contribution is 2.29. The first kappa shape index (κ1) is 18.0. The molecule has 0 aliphatic rings. The zero-order valence-electron chi connectivity index (χ0n) is 13.8. The third-order valence-electron chi connectivity index (χ3n) is 3.25. The summed E-state index contributed by atoms with van der Waals surface area (Å²) in [6.07, 6.45) is -1.15. The van der Waals surface area contributed by atoms with Gasteiger partial charge in [0, 0.05) is 12.1 Å². The summed E-state index contributed by atoms with van der Waals surface area (Å²) in [5, 5.41) is 13.3. The third kappa shape index (κ3) is 4.34. The summed E-state index contributed by atoms with van der Waals surface area (Å²) in [5.74, 6) is -0.716. The van der Waals surface area contributed by atoms with Crippen molar-refractivity contribution in [3.8, 4) is 5.75 Å². The molecule has 1 N–H and O–H groups in total. The molecule has 0 aliphatic heterocycles. The summed E-state index contributed by atoms with van der Waals surface area (Å²) < 4.78 is 15.2. The van der Waals surface area contributed by atoms with Crippen LogP contribution in [0.4, 0.5) is 11.4 Å². The molecule has 2 aromatic rings. The Labute approximate surface area is 142 Å².